The number of hydrogen-bond donors (Lipinski definition) is 1. The largest absolute Gasteiger partial charge is 0.466 e. The minimum absolute atomic E-state index is 0.0442. The van der Waals surface area contributed by atoms with E-state index in [0.717, 1.165) is 50.0 Å². The molecule has 0 radical (unpaired) electrons. The first-order valence-corrected chi connectivity index (χ1v) is 12.2. The predicted octanol–water partition coefficient (Wildman–Crippen LogP) is 3.93. The van der Waals surface area contributed by atoms with Crippen molar-refractivity contribution in [1.29, 1.82) is 0 Å². The van der Waals surface area contributed by atoms with Crippen LogP contribution in [0.15, 0.2) is 36.5 Å². The van der Waals surface area contributed by atoms with E-state index in [2.05, 4.69) is 41.5 Å². The maximum atomic E-state index is 11.8. The summed E-state index contributed by atoms with van der Waals surface area (Å²) in [6.45, 7) is 8.52. The lowest BCUT2D eigenvalue weighted by molar-refractivity contribution is -0.191. The Morgan fingerprint density at radius 1 is 1.26 bits per heavy atom. The normalized spacial score (nSPS) is 26.1. The first kappa shape index (κ1) is 26.7. The second-order valence-electron chi connectivity index (χ2n) is 9.47. The zero-order valence-corrected chi connectivity index (χ0v) is 21.1. The number of para-hydroxylation sites is 1. The molecule has 3 heterocycles. The van der Waals surface area contributed by atoms with Gasteiger partial charge in [-0.1, -0.05) is 25.1 Å². The van der Waals surface area contributed by atoms with E-state index in [9.17, 15) is 9.90 Å². The molecule has 0 saturated heterocycles. The third kappa shape index (κ3) is 5.20. The van der Waals surface area contributed by atoms with Crippen LogP contribution in [-0.4, -0.2) is 53.5 Å². The number of rotatable bonds is 5. The molecule has 0 fully saturated rings. The van der Waals surface area contributed by atoms with Crippen molar-refractivity contribution >= 4 is 23.0 Å². The Balaban J connectivity index is 0.00000108. The van der Waals surface area contributed by atoms with Gasteiger partial charge in [-0.2, -0.15) is 9.59 Å². The maximum absolute atomic E-state index is 11.8. The van der Waals surface area contributed by atoms with Crippen LogP contribution in [0.4, 0.5) is 0 Å². The van der Waals surface area contributed by atoms with E-state index in [4.69, 9.17) is 19.1 Å². The topological polar surface area (TPSA) is 98.1 Å². The Morgan fingerprint density at radius 3 is 2.63 bits per heavy atom. The Hall–Kier alpha value is -2.93. The van der Waals surface area contributed by atoms with E-state index < -0.39 is 5.72 Å². The van der Waals surface area contributed by atoms with Gasteiger partial charge in [0.1, 0.15) is 11.8 Å². The summed E-state index contributed by atoms with van der Waals surface area (Å²) in [7, 11) is 1.40. The van der Waals surface area contributed by atoms with E-state index in [1.807, 2.05) is 19.2 Å². The van der Waals surface area contributed by atoms with Crippen molar-refractivity contribution in [2.24, 2.45) is 5.41 Å². The van der Waals surface area contributed by atoms with Crippen molar-refractivity contribution in [1.82, 2.24) is 9.47 Å². The number of hydrogen-bond acceptors (Lipinski definition) is 7. The molecule has 0 aliphatic carbocycles. The molecule has 1 aromatic carbocycles. The van der Waals surface area contributed by atoms with Gasteiger partial charge in [-0.05, 0) is 51.2 Å². The first-order chi connectivity index (χ1) is 16.8. The van der Waals surface area contributed by atoms with Crippen LogP contribution in [0.5, 0.6) is 0 Å². The average molecular weight is 485 g/mol. The lowest BCUT2D eigenvalue weighted by Gasteiger charge is -2.51. The van der Waals surface area contributed by atoms with Crippen LogP contribution < -0.4 is 0 Å². The van der Waals surface area contributed by atoms with Gasteiger partial charge in [0.15, 0.2) is 0 Å². The molecular weight excluding hydrogens is 448 g/mol. The average Bonchev–Trinajstić information content (AvgIpc) is 3.18. The van der Waals surface area contributed by atoms with E-state index >= 15 is 0 Å². The molecule has 0 spiro atoms. The molecule has 2 aliphatic rings. The van der Waals surface area contributed by atoms with Gasteiger partial charge in [-0.25, -0.2) is 4.79 Å². The minimum Gasteiger partial charge on any atom is -0.466 e. The fourth-order valence-electron chi connectivity index (χ4n) is 6.03. The zero-order valence-electron chi connectivity index (χ0n) is 21.1. The number of esters is 1. The quantitative estimate of drug-likeness (QED) is 0.507. The van der Waals surface area contributed by atoms with Gasteiger partial charge in [0.25, 0.3) is 0 Å². The van der Waals surface area contributed by atoms with Gasteiger partial charge in [0, 0.05) is 49.2 Å². The number of aromatic nitrogens is 1. The van der Waals surface area contributed by atoms with Gasteiger partial charge in [-0.15, -0.1) is 0 Å². The second kappa shape index (κ2) is 11.2. The number of methoxy groups -OCH3 is 1. The van der Waals surface area contributed by atoms with E-state index in [1.165, 1.54) is 24.1 Å². The SMILES string of the molecule is CCOC1c2c3c4ccccc4n2C(C)(O)CC1(CC)CCCN(/C=C/C(=O)OC)CC3.O=C=O. The highest BCUT2D eigenvalue weighted by Gasteiger charge is 2.52. The summed E-state index contributed by atoms with van der Waals surface area (Å²) >= 11 is 0. The van der Waals surface area contributed by atoms with Crippen molar-refractivity contribution in [2.75, 3.05) is 26.8 Å². The molecule has 3 atom stereocenters. The molecule has 2 bridgehead atoms. The molecule has 2 aromatic rings. The molecule has 8 heteroatoms. The molecule has 1 aromatic heterocycles. The van der Waals surface area contributed by atoms with Gasteiger partial charge < -0.3 is 24.0 Å². The fraction of sp³-hybridized carbons (Fsp3) is 0.556. The highest BCUT2D eigenvalue weighted by Crippen LogP contribution is 2.57. The molecule has 3 unspecified atom stereocenters. The third-order valence-corrected chi connectivity index (χ3v) is 7.42. The maximum Gasteiger partial charge on any atom is 0.373 e. The van der Waals surface area contributed by atoms with Crippen molar-refractivity contribution in [3.63, 3.8) is 0 Å². The Kier molecular flexibility index (Phi) is 8.54. The molecule has 1 N–H and O–H groups in total. The smallest absolute Gasteiger partial charge is 0.373 e. The Labute approximate surface area is 206 Å². The summed E-state index contributed by atoms with van der Waals surface area (Å²) in [5.74, 6) is -0.337. The van der Waals surface area contributed by atoms with Crippen LogP contribution >= 0.6 is 0 Å². The van der Waals surface area contributed by atoms with Gasteiger partial charge in [0.05, 0.1) is 18.3 Å². The lowest BCUT2D eigenvalue weighted by atomic mass is 9.66. The second-order valence-corrected chi connectivity index (χ2v) is 9.47. The molecule has 8 nitrogen and oxygen atoms in total. The minimum atomic E-state index is -0.972. The van der Waals surface area contributed by atoms with Crippen LogP contribution in [0.2, 0.25) is 0 Å². The first-order valence-electron chi connectivity index (χ1n) is 12.2. The molecule has 35 heavy (non-hydrogen) atoms. The molecule has 190 valence electrons. The standard InChI is InChI=1S/C26H36N2O4.CO2/c1-5-26-14-9-15-27(17-13-22(29)31-4)16-12-20-19-10-7-8-11-21(19)28(25(3,30)18-26)23(20)24(26)32-6-2;2-1-3/h7-8,10-11,13,17,24,30H,5-6,9,12,14-16,18H2,1-4H3;/b17-13+;. The lowest BCUT2D eigenvalue weighted by Crippen LogP contribution is -2.48. The number of nitrogens with zero attached hydrogens (tertiary/aromatic N) is 2. The van der Waals surface area contributed by atoms with Crippen LogP contribution in [0.25, 0.3) is 10.9 Å². The van der Waals surface area contributed by atoms with E-state index in [1.54, 1.807) is 0 Å². The third-order valence-electron chi connectivity index (χ3n) is 7.42. The van der Waals surface area contributed by atoms with Gasteiger partial charge in [0.2, 0.25) is 0 Å². The summed E-state index contributed by atoms with van der Waals surface area (Å²) in [5, 5.41) is 12.9. The Morgan fingerprint density at radius 2 is 1.97 bits per heavy atom. The molecule has 0 saturated carbocycles. The summed E-state index contributed by atoms with van der Waals surface area (Å²) in [6.07, 6.45) is 7.90. The molecular formula is C27H36N2O6. The van der Waals surface area contributed by atoms with Crippen LogP contribution in [0.3, 0.4) is 0 Å². The molecule has 4 rings (SSSR count). The summed E-state index contributed by atoms with van der Waals surface area (Å²) in [6, 6.07) is 8.36. The molecule has 0 amide bonds. The monoisotopic (exact) mass is 484 g/mol. The van der Waals surface area contributed by atoms with Crippen LogP contribution in [0, 0.1) is 5.41 Å². The number of carbonyl (C=O) groups excluding carboxylic acids is 3. The van der Waals surface area contributed by atoms with Crippen molar-refractivity contribution in [3.8, 4) is 0 Å². The van der Waals surface area contributed by atoms with E-state index in [0.29, 0.717) is 13.0 Å². The number of carbonyl (C=O) groups is 1. The molecule has 2 aliphatic heterocycles. The van der Waals surface area contributed by atoms with Gasteiger partial charge >= 0.3 is 12.1 Å². The fourth-order valence-corrected chi connectivity index (χ4v) is 6.03. The summed E-state index contributed by atoms with van der Waals surface area (Å²) in [4.78, 5) is 30.1. The highest BCUT2D eigenvalue weighted by atomic mass is 16.5. The number of ether oxygens (including phenoxy) is 2. The van der Waals surface area contributed by atoms with Crippen LogP contribution in [-0.2, 0) is 36.0 Å². The summed E-state index contributed by atoms with van der Waals surface area (Å²) in [5.41, 5.74) is 2.32. The summed E-state index contributed by atoms with van der Waals surface area (Å²) < 4.78 is 13.4. The van der Waals surface area contributed by atoms with Gasteiger partial charge in [-0.3, -0.25) is 0 Å². The number of aliphatic hydroxyl groups is 1. The Bertz CT molecular complexity index is 1100. The number of benzene rings is 1. The van der Waals surface area contributed by atoms with Crippen molar-refractivity contribution in [2.45, 2.75) is 64.7 Å². The highest BCUT2D eigenvalue weighted by molar-refractivity contribution is 5.86. The zero-order chi connectivity index (χ0) is 25.6. The van der Waals surface area contributed by atoms with E-state index in [-0.39, 0.29) is 23.6 Å². The van der Waals surface area contributed by atoms with Crippen molar-refractivity contribution < 1.29 is 29.0 Å². The predicted molar refractivity (Wildman–Crippen MR) is 130 cm³/mol. The van der Waals surface area contributed by atoms with Crippen LogP contribution in [0.1, 0.15) is 63.8 Å². The number of fused-ring (bicyclic) bond motifs is 4. The van der Waals surface area contributed by atoms with Crippen molar-refractivity contribution in [3.05, 3.63) is 47.8 Å².